The fourth-order valence-corrected chi connectivity index (χ4v) is 1.69. The fraction of sp³-hybridized carbons (Fsp3) is 0.750. The summed E-state index contributed by atoms with van der Waals surface area (Å²) in [7, 11) is 0. The van der Waals surface area contributed by atoms with E-state index in [0.717, 1.165) is 19.3 Å². The highest BCUT2D eigenvalue weighted by molar-refractivity contribution is 5.82. The molecule has 0 amide bonds. The zero-order valence-corrected chi connectivity index (χ0v) is 8.81. The number of allylic oxidation sites excluding steroid dienone is 2. The molecule has 1 atom stereocenters. The van der Waals surface area contributed by atoms with E-state index in [-0.39, 0.29) is 5.92 Å². The summed E-state index contributed by atoms with van der Waals surface area (Å²) in [5.74, 6) is 0.679. The van der Waals surface area contributed by atoms with E-state index >= 15 is 0 Å². The van der Waals surface area contributed by atoms with E-state index in [2.05, 4.69) is 13.0 Å². The molecule has 1 aliphatic carbocycles. The SMILES string of the molecule is CCC(C)C(=O)CC1=CCCCC1. The van der Waals surface area contributed by atoms with Crippen LogP contribution >= 0.6 is 0 Å². The van der Waals surface area contributed by atoms with Gasteiger partial charge in [-0.1, -0.05) is 25.5 Å². The van der Waals surface area contributed by atoms with Crippen molar-refractivity contribution in [1.29, 1.82) is 0 Å². The Hall–Kier alpha value is -0.590. The number of rotatable bonds is 4. The fourth-order valence-electron chi connectivity index (χ4n) is 1.69. The summed E-state index contributed by atoms with van der Waals surface area (Å²) in [6.45, 7) is 4.11. The lowest BCUT2D eigenvalue weighted by atomic mass is 9.91. The van der Waals surface area contributed by atoms with Gasteiger partial charge in [0.05, 0.1) is 0 Å². The van der Waals surface area contributed by atoms with Gasteiger partial charge in [0.15, 0.2) is 0 Å². The second-order valence-corrected chi connectivity index (χ2v) is 4.06. The molecule has 0 aromatic carbocycles. The van der Waals surface area contributed by atoms with E-state index in [4.69, 9.17) is 0 Å². The monoisotopic (exact) mass is 180 g/mol. The van der Waals surface area contributed by atoms with Crippen LogP contribution in [0.1, 0.15) is 52.4 Å². The molecule has 1 heteroatoms. The van der Waals surface area contributed by atoms with Crippen LogP contribution in [-0.2, 0) is 4.79 Å². The first-order valence-corrected chi connectivity index (χ1v) is 5.44. The number of Topliss-reactive ketones (excluding diaryl/α,β-unsaturated/α-hetero) is 1. The molecule has 0 fully saturated rings. The van der Waals surface area contributed by atoms with Crippen molar-refractivity contribution in [2.24, 2.45) is 5.92 Å². The molecule has 1 aliphatic rings. The predicted octanol–water partition coefficient (Wildman–Crippen LogP) is 3.49. The van der Waals surface area contributed by atoms with Gasteiger partial charge >= 0.3 is 0 Å². The standard InChI is InChI=1S/C12H20O/c1-3-10(2)12(13)9-11-7-5-4-6-8-11/h7,10H,3-6,8-9H2,1-2H3. The number of hydrogen-bond acceptors (Lipinski definition) is 1. The van der Waals surface area contributed by atoms with Crippen LogP contribution in [-0.4, -0.2) is 5.78 Å². The third-order valence-electron chi connectivity index (χ3n) is 2.95. The molecular weight excluding hydrogens is 160 g/mol. The molecule has 0 spiro atoms. The smallest absolute Gasteiger partial charge is 0.139 e. The highest BCUT2D eigenvalue weighted by atomic mass is 16.1. The zero-order valence-electron chi connectivity index (χ0n) is 8.81. The maximum absolute atomic E-state index is 11.6. The van der Waals surface area contributed by atoms with E-state index in [1.807, 2.05) is 6.92 Å². The molecule has 1 nitrogen and oxygen atoms in total. The Balaban J connectivity index is 2.39. The summed E-state index contributed by atoms with van der Waals surface area (Å²) >= 11 is 0. The minimum Gasteiger partial charge on any atom is -0.299 e. The zero-order chi connectivity index (χ0) is 9.68. The summed E-state index contributed by atoms with van der Waals surface area (Å²) < 4.78 is 0. The summed E-state index contributed by atoms with van der Waals surface area (Å²) in [6, 6.07) is 0. The average molecular weight is 180 g/mol. The van der Waals surface area contributed by atoms with Crippen molar-refractivity contribution >= 4 is 5.78 Å². The van der Waals surface area contributed by atoms with Gasteiger partial charge in [-0.25, -0.2) is 0 Å². The third-order valence-corrected chi connectivity index (χ3v) is 2.95. The lowest BCUT2D eigenvalue weighted by molar-refractivity contribution is -0.121. The molecule has 13 heavy (non-hydrogen) atoms. The normalized spacial score (nSPS) is 19.4. The first-order valence-electron chi connectivity index (χ1n) is 5.44. The van der Waals surface area contributed by atoms with Gasteiger partial charge in [0.1, 0.15) is 5.78 Å². The molecule has 0 aliphatic heterocycles. The molecule has 1 rings (SSSR count). The summed E-state index contributed by atoms with van der Waals surface area (Å²) in [6.07, 6.45) is 8.89. The molecule has 0 bridgehead atoms. The second kappa shape index (κ2) is 5.21. The molecule has 0 aromatic rings. The molecule has 1 unspecified atom stereocenters. The molecule has 0 aromatic heterocycles. The van der Waals surface area contributed by atoms with Gasteiger partial charge in [-0.3, -0.25) is 4.79 Å². The van der Waals surface area contributed by atoms with E-state index in [1.165, 1.54) is 24.8 Å². The Morgan fingerprint density at radius 3 is 2.85 bits per heavy atom. The number of carbonyl (C=O) groups excluding carboxylic acids is 1. The van der Waals surface area contributed by atoms with Crippen LogP contribution in [0.5, 0.6) is 0 Å². The van der Waals surface area contributed by atoms with E-state index in [9.17, 15) is 4.79 Å². The Labute approximate surface area is 81.2 Å². The van der Waals surface area contributed by atoms with Gasteiger partial charge in [-0.15, -0.1) is 0 Å². The summed E-state index contributed by atoms with van der Waals surface area (Å²) in [5.41, 5.74) is 1.39. The lowest BCUT2D eigenvalue weighted by Crippen LogP contribution is -2.11. The maximum atomic E-state index is 11.6. The number of carbonyl (C=O) groups is 1. The molecule has 0 N–H and O–H groups in total. The molecule has 0 saturated carbocycles. The summed E-state index contributed by atoms with van der Waals surface area (Å²) in [5, 5.41) is 0. The minimum absolute atomic E-state index is 0.253. The highest BCUT2D eigenvalue weighted by Gasteiger charge is 2.13. The Morgan fingerprint density at radius 2 is 2.31 bits per heavy atom. The van der Waals surface area contributed by atoms with Crippen molar-refractivity contribution in [3.8, 4) is 0 Å². The van der Waals surface area contributed by atoms with Crippen LogP contribution in [0.2, 0.25) is 0 Å². The Kier molecular flexibility index (Phi) is 4.20. The average Bonchev–Trinajstić information content (AvgIpc) is 2.18. The minimum atomic E-state index is 0.253. The first-order chi connectivity index (χ1) is 6.24. The quantitative estimate of drug-likeness (QED) is 0.605. The van der Waals surface area contributed by atoms with Crippen molar-refractivity contribution in [2.75, 3.05) is 0 Å². The van der Waals surface area contributed by atoms with Crippen LogP contribution in [0.3, 0.4) is 0 Å². The third kappa shape index (κ3) is 3.33. The second-order valence-electron chi connectivity index (χ2n) is 4.06. The highest BCUT2D eigenvalue weighted by Crippen LogP contribution is 2.22. The van der Waals surface area contributed by atoms with Gasteiger partial charge in [0.25, 0.3) is 0 Å². The molecule has 0 saturated heterocycles. The van der Waals surface area contributed by atoms with Crippen molar-refractivity contribution in [2.45, 2.75) is 52.4 Å². The van der Waals surface area contributed by atoms with Crippen molar-refractivity contribution in [1.82, 2.24) is 0 Å². The van der Waals surface area contributed by atoms with Gasteiger partial charge in [-0.2, -0.15) is 0 Å². The maximum Gasteiger partial charge on any atom is 0.139 e. The van der Waals surface area contributed by atoms with E-state index < -0.39 is 0 Å². The Bertz CT molecular complexity index is 203. The predicted molar refractivity (Wildman–Crippen MR) is 55.6 cm³/mol. The van der Waals surface area contributed by atoms with E-state index in [1.54, 1.807) is 0 Å². The molecule has 0 radical (unpaired) electrons. The van der Waals surface area contributed by atoms with Crippen LogP contribution in [0, 0.1) is 5.92 Å². The first kappa shape index (κ1) is 10.5. The molecule has 74 valence electrons. The number of ketones is 1. The molecular formula is C12H20O. The van der Waals surface area contributed by atoms with Crippen LogP contribution in [0.25, 0.3) is 0 Å². The van der Waals surface area contributed by atoms with Crippen molar-refractivity contribution < 1.29 is 4.79 Å². The largest absolute Gasteiger partial charge is 0.299 e. The van der Waals surface area contributed by atoms with Gasteiger partial charge in [0.2, 0.25) is 0 Å². The van der Waals surface area contributed by atoms with Crippen LogP contribution in [0.4, 0.5) is 0 Å². The number of hydrogen-bond donors (Lipinski definition) is 0. The van der Waals surface area contributed by atoms with E-state index in [0.29, 0.717) is 5.78 Å². The van der Waals surface area contributed by atoms with Crippen molar-refractivity contribution in [3.05, 3.63) is 11.6 Å². The van der Waals surface area contributed by atoms with Crippen molar-refractivity contribution in [3.63, 3.8) is 0 Å². The Morgan fingerprint density at radius 1 is 1.54 bits per heavy atom. The topological polar surface area (TPSA) is 17.1 Å². The lowest BCUT2D eigenvalue weighted by Gasteiger charge is -2.13. The molecule has 0 heterocycles. The van der Waals surface area contributed by atoms with Gasteiger partial charge < -0.3 is 0 Å². The van der Waals surface area contributed by atoms with Gasteiger partial charge in [0, 0.05) is 12.3 Å². The summed E-state index contributed by atoms with van der Waals surface area (Å²) in [4.78, 5) is 11.6. The van der Waals surface area contributed by atoms with Gasteiger partial charge in [-0.05, 0) is 32.1 Å². The van der Waals surface area contributed by atoms with Crippen LogP contribution < -0.4 is 0 Å². The van der Waals surface area contributed by atoms with Crippen LogP contribution in [0.15, 0.2) is 11.6 Å².